The number of aryl methyl sites for hydroxylation is 1. The van der Waals surface area contributed by atoms with E-state index in [-0.39, 0.29) is 4.90 Å². The maximum Gasteiger partial charge on any atom is 0.295 e. The van der Waals surface area contributed by atoms with E-state index in [2.05, 4.69) is 0 Å². The quantitative estimate of drug-likeness (QED) is 0.527. The third kappa shape index (κ3) is 1.81. The first-order chi connectivity index (χ1) is 5.84. The molecule has 0 saturated heterocycles. The highest BCUT2D eigenvalue weighted by Crippen LogP contribution is 2.23. The van der Waals surface area contributed by atoms with Gasteiger partial charge in [-0.05, 0) is 31.0 Å². The lowest BCUT2D eigenvalue weighted by Crippen LogP contribution is -2.05. The molecule has 0 aliphatic heterocycles. The molecular weight excluding hydrogens is 190 g/mol. The second-order valence-electron chi connectivity index (χ2n) is 2.90. The smallest absolute Gasteiger partial charge is 0.295 e. The maximum atomic E-state index is 10.9. The van der Waals surface area contributed by atoms with E-state index in [9.17, 15) is 8.42 Å². The Balaban J connectivity index is 3.62. The summed E-state index contributed by atoms with van der Waals surface area (Å²) in [5.74, 6) is 0. The molecule has 3 N–H and O–H groups in total. The van der Waals surface area contributed by atoms with Crippen LogP contribution in [0.25, 0.3) is 0 Å². The van der Waals surface area contributed by atoms with Crippen molar-refractivity contribution in [3.05, 3.63) is 23.3 Å². The molecule has 0 aliphatic rings. The summed E-state index contributed by atoms with van der Waals surface area (Å²) in [7, 11) is -4.17. The van der Waals surface area contributed by atoms with Gasteiger partial charge in [-0.3, -0.25) is 4.55 Å². The van der Waals surface area contributed by atoms with Crippen LogP contribution in [-0.2, 0) is 10.1 Å². The first-order valence-corrected chi connectivity index (χ1v) is 5.11. The third-order valence-electron chi connectivity index (χ3n) is 1.90. The zero-order valence-corrected chi connectivity index (χ0v) is 8.22. The minimum absolute atomic E-state index is 0.0903. The zero-order chi connectivity index (χ0) is 10.2. The van der Waals surface area contributed by atoms with Crippen LogP contribution in [0.5, 0.6) is 0 Å². The lowest BCUT2D eigenvalue weighted by molar-refractivity contribution is 0.482. The Morgan fingerprint density at radius 1 is 1.31 bits per heavy atom. The first kappa shape index (κ1) is 10.0. The Morgan fingerprint density at radius 3 is 2.23 bits per heavy atom. The van der Waals surface area contributed by atoms with Crippen molar-refractivity contribution < 1.29 is 13.0 Å². The van der Waals surface area contributed by atoms with Crippen LogP contribution in [0.2, 0.25) is 0 Å². The summed E-state index contributed by atoms with van der Waals surface area (Å²) in [6, 6.07) is 3.17. The van der Waals surface area contributed by atoms with Gasteiger partial charge in [-0.2, -0.15) is 8.42 Å². The highest BCUT2D eigenvalue weighted by Gasteiger charge is 2.17. The molecule has 1 aromatic rings. The van der Waals surface area contributed by atoms with Gasteiger partial charge >= 0.3 is 0 Å². The van der Waals surface area contributed by atoms with Gasteiger partial charge in [0.1, 0.15) is 4.90 Å². The first-order valence-electron chi connectivity index (χ1n) is 3.67. The largest absolute Gasteiger partial charge is 0.398 e. The van der Waals surface area contributed by atoms with Crippen LogP contribution in [0, 0.1) is 13.8 Å². The van der Waals surface area contributed by atoms with Crippen LogP contribution in [0.3, 0.4) is 0 Å². The van der Waals surface area contributed by atoms with Crippen molar-refractivity contribution in [2.75, 3.05) is 5.73 Å². The predicted molar refractivity (Wildman–Crippen MR) is 50.1 cm³/mol. The SMILES string of the molecule is Cc1ccc(N)c(C)c1S(=O)(=O)O. The molecule has 13 heavy (non-hydrogen) atoms. The normalized spacial score (nSPS) is 11.6. The second-order valence-corrected chi connectivity index (χ2v) is 4.26. The van der Waals surface area contributed by atoms with Gasteiger partial charge in [0.05, 0.1) is 0 Å². The van der Waals surface area contributed by atoms with E-state index in [0.29, 0.717) is 16.8 Å². The van der Waals surface area contributed by atoms with Crippen LogP contribution in [0.15, 0.2) is 17.0 Å². The number of nitrogens with two attached hydrogens (primary N) is 1. The van der Waals surface area contributed by atoms with Crippen LogP contribution in [-0.4, -0.2) is 13.0 Å². The lowest BCUT2D eigenvalue weighted by Gasteiger charge is -2.08. The van der Waals surface area contributed by atoms with Crippen LogP contribution < -0.4 is 5.73 Å². The summed E-state index contributed by atoms with van der Waals surface area (Å²) >= 11 is 0. The van der Waals surface area contributed by atoms with E-state index < -0.39 is 10.1 Å². The molecule has 0 aliphatic carbocycles. The fraction of sp³-hybridized carbons (Fsp3) is 0.250. The Kier molecular flexibility index (Phi) is 2.32. The van der Waals surface area contributed by atoms with Gasteiger partial charge in [-0.15, -0.1) is 0 Å². The molecule has 0 fully saturated rings. The third-order valence-corrected chi connectivity index (χ3v) is 3.05. The maximum absolute atomic E-state index is 10.9. The van der Waals surface area contributed by atoms with Crippen molar-refractivity contribution in [2.45, 2.75) is 18.7 Å². The number of hydrogen-bond acceptors (Lipinski definition) is 3. The minimum Gasteiger partial charge on any atom is -0.398 e. The molecule has 1 aromatic carbocycles. The fourth-order valence-corrected chi connectivity index (χ4v) is 2.22. The van der Waals surface area contributed by atoms with Crippen molar-refractivity contribution in [3.8, 4) is 0 Å². The van der Waals surface area contributed by atoms with Crippen molar-refractivity contribution in [2.24, 2.45) is 0 Å². The van der Waals surface area contributed by atoms with E-state index in [1.165, 1.54) is 0 Å². The van der Waals surface area contributed by atoms with Gasteiger partial charge < -0.3 is 5.73 Å². The Hall–Kier alpha value is -1.07. The van der Waals surface area contributed by atoms with Gasteiger partial charge in [0.2, 0.25) is 0 Å². The topological polar surface area (TPSA) is 80.4 Å². The van der Waals surface area contributed by atoms with Gasteiger partial charge in [-0.1, -0.05) is 6.07 Å². The summed E-state index contributed by atoms with van der Waals surface area (Å²) in [6.07, 6.45) is 0. The number of nitrogen functional groups attached to an aromatic ring is 1. The molecule has 0 unspecified atom stereocenters. The molecule has 0 heterocycles. The highest BCUT2D eigenvalue weighted by atomic mass is 32.2. The van der Waals surface area contributed by atoms with E-state index in [1.54, 1.807) is 26.0 Å². The van der Waals surface area contributed by atoms with Gasteiger partial charge in [0, 0.05) is 5.69 Å². The summed E-state index contributed by atoms with van der Waals surface area (Å²) < 4.78 is 30.7. The van der Waals surface area contributed by atoms with E-state index in [4.69, 9.17) is 10.3 Å². The number of hydrogen-bond donors (Lipinski definition) is 2. The average molecular weight is 201 g/mol. The van der Waals surface area contributed by atoms with E-state index in [0.717, 1.165) is 0 Å². The second kappa shape index (κ2) is 3.01. The van der Waals surface area contributed by atoms with Crippen LogP contribution >= 0.6 is 0 Å². The summed E-state index contributed by atoms with van der Waals surface area (Å²) in [5, 5.41) is 0. The van der Waals surface area contributed by atoms with Crippen molar-refractivity contribution in [1.82, 2.24) is 0 Å². The lowest BCUT2D eigenvalue weighted by atomic mass is 10.1. The molecule has 5 heteroatoms. The number of benzene rings is 1. The predicted octanol–water partition coefficient (Wildman–Crippen LogP) is 1.13. The molecule has 4 nitrogen and oxygen atoms in total. The van der Waals surface area contributed by atoms with Crippen LogP contribution in [0.4, 0.5) is 5.69 Å². The number of rotatable bonds is 1. The molecule has 0 amide bonds. The summed E-state index contributed by atoms with van der Waals surface area (Å²) in [5.41, 5.74) is 6.76. The molecule has 0 atom stereocenters. The van der Waals surface area contributed by atoms with Gasteiger partial charge in [0.25, 0.3) is 10.1 Å². The van der Waals surface area contributed by atoms with Crippen molar-refractivity contribution in [1.29, 1.82) is 0 Å². The van der Waals surface area contributed by atoms with E-state index >= 15 is 0 Å². The number of anilines is 1. The average Bonchev–Trinajstić information content (AvgIpc) is 1.95. The molecule has 0 bridgehead atoms. The van der Waals surface area contributed by atoms with Gasteiger partial charge in [-0.25, -0.2) is 0 Å². The Labute approximate surface area is 77.1 Å². The summed E-state index contributed by atoms with van der Waals surface area (Å²) in [4.78, 5) is -0.0903. The molecule has 1 rings (SSSR count). The molecular formula is C8H11NO3S. The van der Waals surface area contributed by atoms with Crippen LogP contribution in [0.1, 0.15) is 11.1 Å². The van der Waals surface area contributed by atoms with Crippen molar-refractivity contribution >= 4 is 15.8 Å². The monoisotopic (exact) mass is 201 g/mol. The standard InChI is InChI=1S/C8H11NO3S/c1-5-3-4-7(9)6(2)8(5)13(10,11)12/h3-4H,9H2,1-2H3,(H,10,11,12). The Bertz CT molecular complexity index is 437. The van der Waals surface area contributed by atoms with Gasteiger partial charge in [0.15, 0.2) is 0 Å². The Morgan fingerprint density at radius 2 is 1.85 bits per heavy atom. The minimum atomic E-state index is -4.17. The molecule has 0 saturated carbocycles. The van der Waals surface area contributed by atoms with E-state index in [1.807, 2.05) is 0 Å². The molecule has 0 radical (unpaired) electrons. The fourth-order valence-electron chi connectivity index (χ4n) is 1.24. The zero-order valence-electron chi connectivity index (χ0n) is 7.40. The molecule has 0 spiro atoms. The summed E-state index contributed by atoms with van der Waals surface area (Å²) in [6.45, 7) is 3.17. The highest BCUT2D eigenvalue weighted by molar-refractivity contribution is 7.86. The molecule has 72 valence electrons. The molecule has 0 aromatic heterocycles. The van der Waals surface area contributed by atoms with Crippen molar-refractivity contribution in [3.63, 3.8) is 0 Å².